The minimum atomic E-state index is 0.0136. The van der Waals surface area contributed by atoms with E-state index in [1.807, 2.05) is 33.8 Å². The summed E-state index contributed by atoms with van der Waals surface area (Å²) in [6.45, 7) is 9.78. The third-order valence-electron chi connectivity index (χ3n) is 6.57. The number of anilines is 1. The fourth-order valence-electron chi connectivity index (χ4n) is 4.82. The van der Waals surface area contributed by atoms with Crippen LogP contribution in [0.2, 0.25) is 0 Å². The van der Waals surface area contributed by atoms with Gasteiger partial charge in [0.2, 0.25) is 5.91 Å². The standard InChI is InChI=1S/C22H27N5O2/c1-12-7-13(2)25-21(18(12)9-23)27-6-5-16-8-17(20(16)11-27)22(28)24-10-19-14(3)26-29-15(19)4/h7,16-17,20H,5-6,8,10-11H2,1-4H3,(H,24,28)/t16-,17-,20-/m1/s1. The predicted molar refractivity (Wildman–Crippen MR) is 108 cm³/mol. The van der Waals surface area contributed by atoms with Gasteiger partial charge in [0.25, 0.3) is 0 Å². The van der Waals surface area contributed by atoms with Gasteiger partial charge >= 0.3 is 0 Å². The van der Waals surface area contributed by atoms with Crippen molar-refractivity contribution in [2.24, 2.45) is 17.8 Å². The highest BCUT2D eigenvalue weighted by Gasteiger charge is 2.48. The topological polar surface area (TPSA) is 95.1 Å². The van der Waals surface area contributed by atoms with Crippen LogP contribution >= 0.6 is 0 Å². The molecule has 152 valence electrons. The van der Waals surface area contributed by atoms with Gasteiger partial charge in [0, 0.05) is 36.8 Å². The van der Waals surface area contributed by atoms with Crippen molar-refractivity contribution >= 4 is 11.7 Å². The van der Waals surface area contributed by atoms with Crippen LogP contribution in [0.4, 0.5) is 5.82 Å². The first kappa shape index (κ1) is 19.4. The van der Waals surface area contributed by atoms with Gasteiger partial charge < -0.3 is 14.7 Å². The molecule has 3 heterocycles. The predicted octanol–water partition coefficient (Wildman–Crippen LogP) is 2.95. The van der Waals surface area contributed by atoms with E-state index in [9.17, 15) is 10.1 Å². The van der Waals surface area contributed by atoms with Crippen LogP contribution < -0.4 is 10.2 Å². The molecule has 1 amide bonds. The number of hydrogen-bond acceptors (Lipinski definition) is 6. The molecular formula is C22H27N5O2. The second-order valence-corrected chi connectivity index (χ2v) is 8.41. The van der Waals surface area contributed by atoms with Gasteiger partial charge in [-0.3, -0.25) is 4.79 Å². The van der Waals surface area contributed by atoms with Gasteiger partial charge in [-0.25, -0.2) is 4.98 Å². The zero-order valence-corrected chi connectivity index (χ0v) is 17.5. The van der Waals surface area contributed by atoms with Crippen molar-refractivity contribution in [1.29, 1.82) is 5.26 Å². The smallest absolute Gasteiger partial charge is 0.223 e. The molecule has 1 aliphatic carbocycles. The maximum Gasteiger partial charge on any atom is 0.223 e. The Labute approximate surface area is 171 Å². The molecule has 7 heteroatoms. The van der Waals surface area contributed by atoms with Crippen molar-refractivity contribution in [3.63, 3.8) is 0 Å². The van der Waals surface area contributed by atoms with E-state index in [1.165, 1.54) is 0 Å². The van der Waals surface area contributed by atoms with Crippen LogP contribution in [0, 0.1) is 56.8 Å². The summed E-state index contributed by atoms with van der Waals surface area (Å²) >= 11 is 0. The van der Waals surface area contributed by atoms with Gasteiger partial charge in [0.1, 0.15) is 17.6 Å². The Morgan fingerprint density at radius 1 is 1.38 bits per heavy atom. The van der Waals surface area contributed by atoms with Gasteiger partial charge in [-0.1, -0.05) is 5.16 Å². The lowest BCUT2D eigenvalue weighted by Gasteiger charge is -2.50. The monoisotopic (exact) mass is 393 g/mol. The van der Waals surface area contributed by atoms with Gasteiger partial charge in [0.15, 0.2) is 0 Å². The average Bonchev–Trinajstić information content (AvgIpc) is 2.98. The number of carbonyl (C=O) groups is 1. The number of nitriles is 1. The molecule has 2 aromatic rings. The van der Waals surface area contributed by atoms with E-state index < -0.39 is 0 Å². The van der Waals surface area contributed by atoms with Crippen LogP contribution in [0.1, 0.15) is 46.7 Å². The average molecular weight is 393 g/mol. The Kier molecular flexibility index (Phi) is 5.03. The number of rotatable bonds is 4. The number of piperidine rings is 1. The van der Waals surface area contributed by atoms with Gasteiger partial charge in [0.05, 0.1) is 11.3 Å². The molecule has 1 N–H and O–H groups in total. The molecule has 2 aromatic heterocycles. The van der Waals surface area contributed by atoms with Crippen molar-refractivity contribution in [2.75, 3.05) is 18.0 Å². The minimum Gasteiger partial charge on any atom is -0.361 e. The summed E-state index contributed by atoms with van der Waals surface area (Å²) in [5.41, 5.74) is 4.30. The minimum absolute atomic E-state index is 0.0136. The number of amides is 1. The Morgan fingerprint density at radius 3 is 2.86 bits per heavy atom. The third-order valence-corrected chi connectivity index (χ3v) is 6.57. The second-order valence-electron chi connectivity index (χ2n) is 8.41. The SMILES string of the molecule is Cc1cc(C)c(C#N)c(N2CC[C@@H]3C[C@@H](C(=O)NCc4c(C)noc4C)[C@@H]3C2)n1. The van der Waals surface area contributed by atoms with Crippen LogP contribution in [0.25, 0.3) is 0 Å². The molecule has 1 aliphatic heterocycles. The van der Waals surface area contributed by atoms with Gasteiger partial charge in [-0.05, 0) is 64.0 Å². The van der Waals surface area contributed by atoms with E-state index >= 15 is 0 Å². The van der Waals surface area contributed by atoms with Crippen molar-refractivity contribution in [3.05, 3.63) is 39.9 Å². The summed E-state index contributed by atoms with van der Waals surface area (Å²) in [5.74, 6) is 2.52. The third kappa shape index (κ3) is 3.48. The lowest BCUT2D eigenvalue weighted by molar-refractivity contribution is -0.134. The van der Waals surface area contributed by atoms with E-state index in [4.69, 9.17) is 4.52 Å². The lowest BCUT2D eigenvalue weighted by atomic mass is 9.61. The number of aryl methyl sites for hydroxylation is 4. The molecule has 3 atom stereocenters. The van der Waals surface area contributed by atoms with Crippen molar-refractivity contribution < 1.29 is 9.32 Å². The number of pyridine rings is 1. The molecule has 1 saturated carbocycles. The molecule has 29 heavy (non-hydrogen) atoms. The second kappa shape index (κ2) is 7.51. The summed E-state index contributed by atoms with van der Waals surface area (Å²) in [4.78, 5) is 19.7. The van der Waals surface area contributed by atoms with E-state index in [0.717, 1.165) is 60.0 Å². The lowest BCUT2D eigenvalue weighted by Crippen LogP contribution is -2.55. The van der Waals surface area contributed by atoms with Gasteiger partial charge in [-0.15, -0.1) is 0 Å². The molecule has 7 nitrogen and oxygen atoms in total. The fourth-order valence-corrected chi connectivity index (χ4v) is 4.82. The van der Waals surface area contributed by atoms with E-state index in [2.05, 4.69) is 26.4 Å². The molecule has 0 aromatic carbocycles. The summed E-state index contributed by atoms with van der Waals surface area (Å²) in [6, 6.07) is 4.26. The maximum atomic E-state index is 12.8. The molecule has 2 aliphatic rings. The highest BCUT2D eigenvalue weighted by atomic mass is 16.5. The zero-order chi connectivity index (χ0) is 20.7. The quantitative estimate of drug-likeness (QED) is 0.858. The van der Waals surface area contributed by atoms with Crippen molar-refractivity contribution in [1.82, 2.24) is 15.5 Å². The number of hydrogen-bond donors (Lipinski definition) is 1. The van der Waals surface area contributed by atoms with E-state index in [0.29, 0.717) is 23.9 Å². The number of aromatic nitrogens is 2. The number of nitrogens with one attached hydrogen (secondary N) is 1. The molecule has 2 fully saturated rings. The maximum absolute atomic E-state index is 12.8. The van der Waals surface area contributed by atoms with E-state index in [1.54, 1.807) is 0 Å². The number of fused-ring (bicyclic) bond motifs is 1. The van der Waals surface area contributed by atoms with Crippen LogP contribution in [0.3, 0.4) is 0 Å². The Morgan fingerprint density at radius 2 is 2.17 bits per heavy atom. The van der Waals surface area contributed by atoms with Crippen molar-refractivity contribution in [3.8, 4) is 6.07 Å². The Balaban J connectivity index is 1.45. The molecule has 0 radical (unpaired) electrons. The first-order chi connectivity index (χ1) is 13.9. The fraction of sp³-hybridized carbons (Fsp3) is 0.545. The summed E-state index contributed by atoms with van der Waals surface area (Å²) in [7, 11) is 0. The Hall–Kier alpha value is -2.88. The summed E-state index contributed by atoms with van der Waals surface area (Å²) in [6.07, 6.45) is 1.98. The molecule has 0 bridgehead atoms. The first-order valence-electron chi connectivity index (χ1n) is 10.2. The first-order valence-corrected chi connectivity index (χ1v) is 10.2. The van der Waals surface area contributed by atoms with Crippen LogP contribution in [-0.2, 0) is 11.3 Å². The van der Waals surface area contributed by atoms with Crippen LogP contribution in [-0.4, -0.2) is 29.1 Å². The molecule has 4 rings (SSSR count). The normalized spacial score (nSPS) is 23.1. The largest absolute Gasteiger partial charge is 0.361 e. The Bertz CT molecular complexity index is 970. The summed E-state index contributed by atoms with van der Waals surface area (Å²) in [5, 5.41) is 16.6. The summed E-state index contributed by atoms with van der Waals surface area (Å²) < 4.78 is 5.18. The highest BCUT2D eigenvalue weighted by molar-refractivity contribution is 5.80. The van der Waals surface area contributed by atoms with Gasteiger partial charge in [-0.2, -0.15) is 5.26 Å². The molecule has 1 saturated heterocycles. The number of nitrogens with zero attached hydrogens (tertiary/aromatic N) is 4. The molecular weight excluding hydrogens is 366 g/mol. The van der Waals surface area contributed by atoms with Crippen molar-refractivity contribution in [2.45, 2.75) is 47.1 Å². The van der Waals surface area contributed by atoms with Crippen LogP contribution in [0.15, 0.2) is 10.6 Å². The number of carbonyl (C=O) groups excluding carboxylic acids is 1. The zero-order valence-electron chi connectivity index (χ0n) is 17.5. The molecule has 0 spiro atoms. The highest BCUT2D eigenvalue weighted by Crippen LogP contribution is 2.46. The van der Waals surface area contributed by atoms with Crippen LogP contribution in [0.5, 0.6) is 0 Å². The van der Waals surface area contributed by atoms with E-state index in [-0.39, 0.29) is 11.8 Å². The molecule has 0 unspecified atom stereocenters.